The first kappa shape index (κ1) is 19.7. The minimum atomic E-state index is -0.548. The maximum absolute atomic E-state index is 13.3. The third kappa shape index (κ3) is 3.14. The lowest BCUT2D eigenvalue weighted by atomic mass is 9.97. The molecule has 29 heavy (non-hydrogen) atoms. The molecule has 0 fully saturated rings. The molecule has 9 heteroatoms. The summed E-state index contributed by atoms with van der Waals surface area (Å²) in [6.07, 6.45) is 3.94. The van der Waals surface area contributed by atoms with Gasteiger partial charge in [-0.05, 0) is 55.6 Å². The summed E-state index contributed by atoms with van der Waals surface area (Å²) in [5, 5.41) is 0.569. The van der Waals surface area contributed by atoms with Gasteiger partial charge in [0.1, 0.15) is 4.83 Å². The van der Waals surface area contributed by atoms with Crippen molar-refractivity contribution in [2.45, 2.75) is 25.7 Å². The van der Waals surface area contributed by atoms with Crippen molar-refractivity contribution in [1.82, 2.24) is 9.55 Å². The number of carbonyl (C=O) groups is 1. The number of aromatic nitrogens is 2. The minimum Gasteiger partial charge on any atom is -0.493 e. The van der Waals surface area contributed by atoms with Gasteiger partial charge < -0.3 is 19.2 Å². The number of H-pyrrole nitrogens is 1. The van der Waals surface area contributed by atoms with Crippen molar-refractivity contribution >= 4 is 39.7 Å². The Labute approximate surface area is 175 Å². The fraction of sp³-hybridized carbons (Fsp3) is 0.350. The van der Waals surface area contributed by atoms with Gasteiger partial charge in [-0.15, -0.1) is 11.3 Å². The Morgan fingerprint density at radius 1 is 1.10 bits per heavy atom. The van der Waals surface area contributed by atoms with E-state index in [1.165, 1.54) is 38.3 Å². The normalized spacial score (nSPS) is 13.2. The zero-order valence-electron chi connectivity index (χ0n) is 16.3. The lowest BCUT2D eigenvalue weighted by molar-refractivity contribution is 0.0953. The molecule has 152 valence electrons. The Morgan fingerprint density at radius 2 is 1.76 bits per heavy atom. The van der Waals surface area contributed by atoms with Crippen LogP contribution in [0, 0.1) is 4.77 Å². The molecule has 0 saturated carbocycles. The molecule has 7 nitrogen and oxygen atoms in total. The first-order valence-corrected chi connectivity index (χ1v) is 10.4. The molecular weight excluding hydrogens is 412 g/mol. The molecule has 2 aromatic heterocycles. The summed E-state index contributed by atoms with van der Waals surface area (Å²) < 4.78 is 17.0. The summed E-state index contributed by atoms with van der Waals surface area (Å²) in [5.74, 6) is 0.471. The van der Waals surface area contributed by atoms with Crippen LogP contribution < -0.4 is 19.8 Å². The fourth-order valence-electron chi connectivity index (χ4n) is 3.76. The van der Waals surface area contributed by atoms with Crippen LogP contribution in [0.3, 0.4) is 0 Å². The van der Waals surface area contributed by atoms with E-state index < -0.39 is 5.91 Å². The van der Waals surface area contributed by atoms with Gasteiger partial charge >= 0.3 is 0 Å². The summed E-state index contributed by atoms with van der Waals surface area (Å²) >= 11 is 6.92. The highest BCUT2D eigenvalue weighted by Crippen LogP contribution is 2.38. The van der Waals surface area contributed by atoms with Crippen LogP contribution in [0.2, 0.25) is 0 Å². The van der Waals surface area contributed by atoms with Crippen LogP contribution in [0.25, 0.3) is 10.2 Å². The van der Waals surface area contributed by atoms with Crippen LogP contribution in [-0.2, 0) is 12.8 Å². The molecule has 0 atom stereocenters. The van der Waals surface area contributed by atoms with Gasteiger partial charge in [-0.1, -0.05) is 0 Å². The van der Waals surface area contributed by atoms with Gasteiger partial charge in [0.05, 0.1) is 26.7 Å². The molecule has 4 rings (SSSR count). The average Bonchev–Trinajstić information content (AvgIpc) is 3.10. The summed E-state index contributed by atoms with van der Waals surface area (Å²) in [6, 6.07) is 3.02. The number of rotatable bonds is 4. The van der Waals surface area contributed by atoms with Crippen molar-refractivity contribution in [2.75, 3.05) is 21.3 Å². The predicted octanol–water partition coefficient (Wildman–Crippen LogP) is 3.71. The van der Waals surface area contributed by atoms with Crippen LogP contribution in [0.4, 0.5) is 0 Å². The molecule has 0 bridgehead atoms. The average molecular weight is 433 g/mol. The third-order valence-corrected chi connectivity index (χ3v) is 6.62. The zero-order valence-corrected chi connectivity index (χ0v) is 17.9. The van der Waals surface area contributed by atoms with Crippen molar-refractivity contribution in [3.63, 3.8) is 0 Å². The number of hydrogen-bond donors (Lipinski definition) is 1. The number of fused-ring (bicyclic) bond motifs is 3. The molecule has 1 aromatic carbocycles. The van der Waals surface area contributed by atoms with Crippen molar-refractivity contribution < 1.29 is 19.0 Å². The van der Waals surface area contributed by atoms with Gasteiger partial charge in [0.25, 0.3) is 11.5 Å². The van der Waals surface area contributed by atoms with E-state index in [9.17, 15) is 9.59 Å². The lowest BCUT2D eigenvalue weighted by Crippen LogP contribution is -2.29. The molecule has 0 saturated heterocycles. The maximum atomic E-state index is 13.3. The molecule has 0 spiro atoms. The Bertz CT molecular complexity index is 1210. The van der Waals surface area contributed by atoms with Gasteiger partial charge in [-0.3, -0.25) is 9.59 Å². The predicted molar refractivity (Wildman–Crippen MR) is 114 cm³/mol. The largest absolute Gasteiger partial charge is 0.493 e. The Morgan fingerprint density at radius 3 is 2.38 bits per heavy atom. The highest BCUT2D eigenvalue weighted by Gasteiger charge is 2.24. The number of hydrogen-bond acceptors (Lipinski definition) is 7. The van der Waals surface area contributed by atoms with Gasteiger partial charge in [0, 0.05) is 10.4 Å². The number of ether oxygens (including phenoxy) is 3. The second-order valence-corrected chi connectivity index (χ2v) is 8.20. The maximum Gasteiger partial charge on any atom is 0.270 e. The summed E-state index contributed by atoms with van der Waals surface area (Å²) in [7, 11) is 4.41. The Hall–Kier alpha value is -2.65. The van der Waals surface area contributed by atoms with Crippen LogP contribution in [0.1, 0.15) is 33.6 Å². The number of nitrogens with zero attached hydrogens (tertiary/aromatic N) is 1. The molecule has 0 unspecified atom stereocenters. The fourth-order valence-corrected chi connectivity index (χ4v) is 5.37. The first-order chi connectivity index (χ1) is 14.0. The van der Waals surface area contributed by atoms with E-state index in [1.54, 1.807) is 11.3 Å². The zero-order chi connectivity index (χ0) is 20.7. The molecule has 1 aliphatic carbocycles. The summed E-state index contributed by atoms with van der Waals surface area (Å²) in [5.41, 5.74) is 0.866. The standard InChI is InChI=1S/C20H20N2O5S2/c1-25-12-8-10(9-13(26-2)16(12)27-3)18(23)22-19(24)15-11-6-4-5-7-14(11)29-17(15)21-20(22)28/h8-9H,4-7H2,1-3H3,(H,21,28). The first-order valence-electron chi connectivity index (χ1n) is 9.14. The van der Waals surface area contributed by atoms with Gasteiger partial charge in [0.2, 0.25) is 5.75 Å². The molecular formula is C20H20N2O5S2. The second kappa shape index (κ2) is 7.64. The van der Waals surface area contributed by atoms with Crippen molar-refractivity contribution in [1.29, 1.82) is 0 Å². The number of aryl methyl sites for hydroxylation is 2. The topological polar surface area (TPSA) is 82.6 Å². The Kier molecular flexibility index (Phi) is 5.18. The van der Waals surface area contributed by atoms with Crippen molar-refractivity contribution in [3.8, 4) is 17.2 Å². The number of benzene rings is 1. The van der Waals surface area contributed by atoms with E-state index in [0.29, 0.717) is 22.6 Å². The van der Waals surface area contributed by atoms with Crippen LogP contribution in [0.15, 0.2) is 16.9 Å². The number of carbonyl (C=O) groups excluding carboxylic acids is 1. The number of thiophene rings is 1. The van der Waals surface area contributed by atoms with E-state index in [4.69, 9.17) is 26.4 Å². The van der Waals surface area contributed by atoms with Crippen molar-refractivity contribution in [3.05, 3.63) is 43.3 Å². The van der Waals surface area contributed by atoms with E-state index in [2.05, 4.69) is 4.98 Å². The highest BCUT2D eigenvalue weighted by atomic mass is 32.1. The van der Waals surface area contributed by atoms with Crippen molar-refractivity contribution in [2.24, 2.45) is 0 Å². The molecule has 1 aliphatic rings. The molecule has 0 aliphatic heterocycles. The lowest BCUT2D eigenvalue weighted by Gasteiger charge is -2.14. The van der Waals surface area contributed by atoms with E-state index >= 15 is 0 Å². The monoisotopic (exact) mass is 432 g/mol. The molecule has 2 heterocycles. The number of aromatic amines is 1. The smallest absolute Gasteiger partial charge is 0.270 e. The SMILES string of the molecule is COc1cc(C(=O)n2c(=S)[nH]c3sc4c(c3c2=O)CCCC4)cc(OC)c1OC. The number of methoxy groups -OCH3 is 3. The Balaban J connectivity index is 1.92. The molecule has 0 amide bonds. The van der Waals surface area contributed by atoms with E-state index in [0.717, 1.165) is 40.6 Å². The molecule has 3 aromatic rings. The van der Waals surface area contributed by atoms with Crippen LogP contribution >= 0.6 is 23.6 Å². The quantitative estimate of drug-likeness (QED) is 0.633. The van der Waals surface area contributed by atoms with Gasteiger partial charge in [-0.25, -0.2) is 4.57 Å². The second-order valence-electron chi connectivity index (χ2n) is 6.70. The minimum absolute atomic E-state index is 0.0693. The summed E-state index contributed by atoms with van der Waals surface area (Å²) in [6.45, 7) is 0. The highest BCUT2D eigenvalue weighted by molar-refractivity contribution is 7.71. The summed E-state index contributed by atoms with van der Waals surface area (Å²) in [4.78, 5) is 31.6. The van der Waals surface area contributed by atoms with Gasteiger partial charge in [0.15, 0.2) is 16.3 Å². The van der Waals surface area contributed by atoms with Crippen LogP contribution in [0.5, 0.6) is 17.2 Å². The van der Waals surface area contributed by atoms with E-state index in [-0.39, 0.29) is 15.9 Å². The molecule has 0 radical (unpaired) electrons. The van der Waals surface area contributed by atoms with Gasteiger partial charge in [-0.2, -0.15) is 0 Å². The third-order valence-electron chi connectivity index (χ3n) is 5.13. The number of nitrogens with one attached hydrogen (secondary N) is 1. The van der Waals surface area contributed by atoms with Crippen LogP contribution in [-0.4, -0.2) is 36.8 Å². The van der Waals surface area contributed by atoms with E-state index in [1.807, 2.05) is 0 Å². The molecule has 1 N–H and O–H groups in total.